The fourth-order valence-corrected chi connectivity index (χ4v) is 8.40. The standard InChI is InChI=1S/C39H59N5O8S/c1-7-17-52-33(37-41-30(22-53-37)35(47)40-26-18-25-12-13-27(46)20-28(25)29(19-26)39(50)51)21-32(23(3)4)44(15-16-45)38(49)34(24(5)8-2)42-36(48)31-11-9-10-14-43(31)6/h12-13,20,22-24,26,29,31-34,45-46H,7-11,14-19,21H2,1-6H3,(H,40,47)(H,42,48)(H,50,51)/t24-,26-,29+,31+,32+,33+,34-/m0/s1. The van der Waals surface area contributed by atoms with E-state index in [1.165, 1.54) is 23.5 Å². The topological polar surface area (TPSA) is 182 Å². The van der Waals surface area contributed by atoms with Crippen LogP contribution >= 0.6 is 11.3 Å². The molecule has 0 spiro atoms. The third-order valence-corrected chi connectivity index (χ3v) is 11.7. The summed E-state index contributed by atoms with van der Waals surface area (Å²) in [5, 5.41) is 38.3. The molecule has 0 radical (unpaired) electrons. The number of carboxylic acid groups (broad SMARTS) is 1. The van der Waals surface area contributed by atoms with Crippen LogP contribution in [0.4, 0.5) is 0 Å². The van der Waals surface area contributed by atoms with Crippen LogP contribution in [-0.4, -0.2) is 111 Å². The molecule has 3 amide bonds. The summed E-state index contributed by atoms with van der Waals surface area (Å²) in [4.78, 5) is 62.0. The highest BCUT2D eigenvalue weighted by Gasteiger charge is 2.39. The molecule has 0 unspecified atom stereocenters. The molecule has 1 aliphatic heterocycles. The van der Waals surface area contributed by atoms with E-state index in [0.29, 0.717) is 36.4 Å². The van der Waals surface area contributed by atoms with Crippen molar-refractivity contribution >= 4 is 35.0 Å². The van der Waals surface area contributed by atoms with Gasteiger partial charge in [0.1, 0.15) is 28.6 Å². The van der Waals surface area contributed by atoms with E-state index < -0.39 is 36.0 Å². The van der Waals surface area contributed by atoms with Crippen molar-refractivity contribution in [2.24, 2.45) is 11.8 Å². The Hall–Kier alpha value is -3.59. The molecular weight excluding hydrogens is 699 g/mol. The molecule has 13 nitrogen and oxygen atoms in total. The van der Waals surface area contributed by atoms with Crippen LogP contribution in [0.1, 0.15) is 118 Å². The van der Waals surface area contributed by atoms with Gasteiger partial charge in [-0.2, -0.15) is 0 Å². The zero-order chi connectivity index (χ0) is 38.8. The van der Waals surface area contributed by atoms with Crippen molar-refractivity contribution in [2.75, 3.05) is 33.4 Å². The molecule has 1 aromatic carbocycles. The summed E-state index contributed by atoms with van der Waals surface area (Å²) in [6.45, 7) is 11.1. The molecule has 0 saturated carbocycles. The lowest BCUT2D eigenvalue weighted by atomic mass is 9.80. The van der Waals surface area contributed by atoms with Crippen molar-refractivity contribution in [1.29, 1.82) is 0 Å². The van der Waals surface area contributed by atoms with E-state index in [1.807, 2.05) is 46.6 Å². The number of aromatic nitrogens is 1. The van der Waals surface area contributed by atoms with E-state index in [9.17, 15) is 34.5 Å². The number of ether oxygens (including phenoxy) is 1. The normalized spacial score (nSPS) is 21.2. The quantitative estimate of drug-likeness (QED) is 0.146. The number of benzene rings is 1. The van der Waals surface area contributed by atoms with Crippen molar-refractivity contribution in [3.05, 3.63) is 45.4 Å². The molecule has 2 heterocycles. The SMILES string of the molecule is CCCO[C@H](C[C@H](C(C)C)N(CCO)C(=O)[C@@H](NC(=O)[C@H]1CCCCN1C)[C@@H](C)CC)c1nc(C(=O)N[C@H]2Cc3ccc(O)cc3[C@H](C(=O)O)C2)cs1. The van der Waals surface area contributed by atoms with Gasteiger partial charge in [-0.1, -0.05) is 53.5 Å². The molecule has 7 atom stereocenters. The van der Waals surface area contributed by atoms with Crippen LogP contribution < -0.4 is 10.6 Å². The molecule has 5 N–H and O–H groups in total. The van der Waals surface area contributed by atoms with Crippen LogP contribution in [0.15, 0.2) is 23.6 Å². The number of aliphatic carboxylic acids is 1. The number of likely N-dealkylation sites (tertiary alicyclic amines) is 1. The number of carboxylic acids is 1. The maximum Gasteiger partial charge on any atom is 0.311 e. The second kappa shape index (κ2) is 19.7. The number of phenols is 1. The maximum absolute atomic E-state index is 14.5. The van der Waals surface area contributed by atoms with Gasteiger partial charge < -0.3 is 35.6 Å². The number of carbonyl (C=O) groups is 4. The highest BCUT2D eigenvalue weighted by atomic mass is 32.1. The molecule has 294 valence electrons. The lowest BCUT2D eigenvalue weighted by Crippen LogP contribution is -2.59. The molecular formula is C39H59N5O8S. The monoisotopic (exact) mass is 757 g/mol. The van der Waals surface area contributed by atoms with E-state index in [-0.39, 0.29) is 66.7 Å². The third-order valence-electron chi connectivity index (χ3n) is 10.8. The molecule has 4 rings (SSSR count). The Morgan fingerprint density at radius 2 is 1.91 bits per heavy atom. The van der Waals surface area contributed by atoms with Crippen LogP contribution in [-0.2, 0) is 25.5 Å². The number of hydrogen-bond acceptors (Lipinski definition) is 10. The largest absolute Gasteiger partial charge is 0.508 e. The number of carbonyl (C=O) groups excluding carboxylic acids is 3. The maximum atomic E-state index is 14.5. The highest BCUT2D eigenvalue weighted by molar-refractivity contribution is 7.09. The van der Waals surface area contributed by atoms with Crippen LogP contribution in [0.2, 0.25) is 0 Å². The Kier molecular flexibility index (Phi) is 15.6. The number of thiazole rings is 1. The molecule has 2 aromatic rings. The number of likely N-dealkylation sites (N-methyl/N-ethyl adjacent to an activating group) is 1. The average molecular weight is 758 g/mol. The van der Waals surface area contributed by atoms with Crippen LogP contribution in [0.5, 0.6) is 5.75 Å². The minimum absolute atomic E-state index is 0.000632. The van der Waals surface area contributed by atoms with Gasteiger partial charge in [0, 0.05) is 37.0 Å². The Morgan fingerprint density at radius 3 is 2.55 bits per heavy atom. The summed E-state index contributed by atoms with van der Waals surface area (Å²) < 4.78 is 6.34. The third kappa shape index (κ3) is 10.8. The lowest BCUT2D eigenvalue weighted by molar-refractivity contribution is -0.143. The van der Waals surface area contributed by atoms with E-state index in [1.54, 1.807) is 16.3 Å². The number of nitrogens with one attached hydrogen (secondary N) is 2. The Balaban J connectivity index is 1.54. The van der Waals surface area contributed by atoms with Gasteiger partial charge >= 0.3 is 5.97 Å². The molecule has 14 heteroatoms. The van der Waals surface area contributed by atoms with E-state index >= 15 is 0 Å². The van der Waals surface area contributed by atoms with Crippen molar-refractivity contribution in [3.8, 4) is 5.75 Å². The number of fused-ring (bicyclic) bond motifs is 1. The molecule has 0 bridgehead atoms. The second-order valence-electron chi connectivity index (χ2n) is 15.0. The van der Waals surface area contributed by atoms with Crippen molar-refractivity contribution in [2.45, 2.75) is 122 Å². The van der Waals surface area contributed by atoms with Crippen molar-refractivity contribution in [3.63, 3.8) is 0 Å². The fourth-order valence-electron chi connectivity index (χ4n) is 7.54. The summed E-state index contributed by atoms with van der Waals surface area (Å²) in [7, 11) is 1.94. The summed E-state index contributed by atoms with van der Waals surface area (Å²) in [6, 6.07) is 2.80. The second-order valence-corrected chi connectivity index (χ2v) is 15.9. The zero-order valence-corrected chi connectivity index (χ0v) is 32.9. The summed E-state index contributed by atoms with van der Waals surface area (Å²) in [6.07, 6.45) is 4.56. The summed E-state index contributed by atoms with van der Waals surface area (Å²) >= 11 is 1.29. The van der Waals surface area contributed by atoms with Gasteiger partial charge in [0.2, 0.25) is 11.8 Å². The lowest BCUT2D eigenvalue weighted by Gasteiger charge is -2.40. The Morgan fingerprint density at radius 1 is 1.15 bits per heavy atom. The highest BCUT2D eigenvalue weighted by Crippen LogP contribution is 2.35. The summed E-state index contributed by atoms with van der Waals surface area (Å²) in [5.74, 6) is -2.89. The average Bonchev–Trinajstić information content (AvgIpc) is 3.63. The van der Waals surface area contributed by atoms with Crippen LogP contribution in [0, 0.1) is 11.8 Å². The van der Waals surface area contributed by atoms with Crippen LogP contribution in [0.25, 0.3) is 0 Å². The number of phenolic OH excluding ortho intramolecular Hbond substituents is 1. The number of aliphatic hydroxyl groups is 1. The number of piperidine rings is 1. The van der Waals surface area contributed by atoms with Gasteiger partial charge in [-0.25, -0.2) is 4.98 Å². The number of nitrogens with zero attached hydrogens (tertiary/aromatic N) is 3. The van der Waals surface area contributed by atoms with Crippen LogP contribution in [0.3, 0.4) is 0 Å². The first kappa shape index (κ1) is 42.2. The smallest absolute Gasteiger partial charge is 0.311 e. The number of aromatic hydroxyl groups is 1. The Labute approximate surface area is 317 Å². The van der Waals surface area contributed by atoms with Crippen molar-refractivity contribution in [1.82, 2.24) is 25.4 Å². The van der Waals surface area contributed by atoms with Gasteiger partial charge in [-0.15, -0.1) is 11.3 Å². The molecule has 53 heavy (non-hydrogen) atoms. The van der Waals surface area contributed by atoms with Gasteiger partial charge in [0.15, 0.2) is 0 Å². The minimum atomic E-state index is -1.02. The first-order chi connectivity index (χ1) is 25.3. The van der Waals surface area contributed by atoms with Crippen molar-refractivity contribution < 1.29 is 39.2 Å². The minimum Gasteiger partial charge on any atom is -0.508 e. The molecule has 1 aromatic heterocycles. The van der Waals surface area contributed by atoms with E-state index in [0.717, 1.165) is 37.8 Å². The zero-order valence-electron chi connectivity index (χ0n) is 32.0. The number of rotatable bonds is 18. The van der Waals surface area contributed by atoms with Gasteiger partial charge in [0.25, 0.3) is 5.91 Å². The van der Waals surface area contributed by atoms with Gasteiger partial charge in [-0.05, 0) is 80.8 Å². The predicted octanol–water partition coefficient (Wildman–Crippen LogP) is 4.48. The van der Waals surface area contributed by atoms with E-state index in [4.69, 9.17) is 9.72 Å². The summed E-state index contributed by atoms with van der Waals surface area (Å²) in [5.41, 5.74) is 1.50. The molecule has 1 saturated heterocycles. The predicted molar refractivity (Wildman–Crippen MR) is 203 cm³/mol. The van der Waals surface area contributed by atoms with Gasteiger partial charge in [0.05, 0.1) is 18.6 Å². The van der Waals surface area contributed by atoms with Gasteiger partial charge in [-0.3, -0.25) is 24.1 Å². The number of hydrogen-bond donors (Lipinski definition) is 5. The molecule has 2 aliphatic rings. The first-order valence-electron chi connectivity index (χ1n) is 19.1. The molecule has 1 fully saturated rings. The van der Waals surface area contributed by atoms with E-state index in [2.05, 4.69) is 10.6 Å². The fraction of sp³-hybridized carbons (Fsp3) is 0.667. The molecule has 1 aliphatic carbocycles. The first-order valence-corrected chi connectivity index (χ1v) is 20.0. The number of aliphatic hydroxyl groups excluding tert-OH is 1. The Bertz CT molecular complexity index is 1550. The number of amides is 3.